The zero-order chi connectivity index (χ0) is 14.7. The summed E-state index contributed by atoms with van der Waals surface area (Å²) in [6.45, 7) is 8.29. The van der Waals surface area contributed by atoms with E-state index in [9.17, 15) is 4.79 Å². The van der Waals surface area contributed by atoms with E-state index in [0.29, 0.717) is 11.8 Å². The molecule has 0 bridgehead atoms. The van der Waals surface area contributed by atoms with Gasteiger partial charge in [0.05, 0.1) is 0 Å². The van der Waals surface area contributed by atoms with Gasteiger partial charge in [-0.2, -0.15) is 0 Å². The fraction of sp³-hybridized carbons (Fsp3) is 0.625. The highest BCUT2D eigenvalue weighted by atomic mass is 16.2. The number of rotatable bonds is 4. The summed E-state index contributed by atoms with van der Waals surface area (Å²) >= 11 is 0. The van der Waals surface area contributed by atoms with E-state index in [2.05, 4.69) is 31.1 Å². The maximum Gasteiger partial charge on any atom is 0.254 e. The van der Waals surface area contributed by atoms with Crippen LogP contribution in [0.4, 0.5) is 5.82 Å². The maximum absolute atomic E-state index is 12.6. The fourth-order valence-electron chi connectivity index (χ4n) is 2.72. The Labute approximate surface area is 121 Å². The second-order valence-electron chi connectivity index (χ2n) is 5.88. The van der Waals surface area contributed by atoms with Crippen LogP contribution in [0.2, 0.25) is 0 Å². The second kappa shape index (κ2) is 6.25. The molecule has 4 heteroatoms. The summed E-state index contributed by atoms with van der Waals surface area (Å²) in [5.41, 5.74) is 1.71. The van der Waals surface area contributed by atoms with Crippen LogP contribution in [0.3, 0.4) is 0 Å². The Bertz CT molecular complexity index is 462. The zero-order valence-electron chi connectivity index (χ0n) is 12.9. The lowest BCUT2D eigenvalue weighted by Crippen LogP contribution is -2.29. The Morgan fingerprint density at radius 2 is 2.25 bits per heavy atom. The highest BCUT2D eigenvalue weighted by Gasteiger charge is 2.28. The Morgan fingerprint density at radius 3 is 2.80 bits per heavy atom. The number of hydrogen-bond donors (Lipinski definition) is 1. The molecule has 1 saturated heterocycles. The van der Waals surface area contributed by atoms with Gasteiger partial charge in [-0.05, 0) is 36.8 Å². The molecular formula is C16H25N3O. The number of nitrogens with one attached hydrogen (secondary N) is 1. The van der Waals surface area contributed by atoms with Crippen molar-refractivity contribution in [1.29, 1.82) is 0 Å². The van der Waals surface area contributed by atoms with Crippen molar-refractivity contribution in [1.82, 2.24) is 9.88 Å². The fourth-order valence-corrected chi connectivity index (χ4v) is 2.72. The van der Waals surface area contributed by atoms with Gasteiger partial charge in [0.2, 0.25) is 0 Å². The topological polar surface area (TPSA) is 45.2 Å². The van der Waals surface area contributed by atoms with Gasteiger partial charge in [0.1, 0.15) is 5.82 Å². The molecule has 4 nitrogen and oxygen atoms in total. The molecule has 1 unspecified atom stereocenters. The molecule has 0 spiro atoms. The number of anilines is 1. The number of aromatic nitrogens is 1. The van der Waals surface area contributed by atoms with Crippen molar-refractivity contribution in [2.45, 2.75) is 33.6 Å². The lowest BCUT2D eigenvalue weighted by Gasteiger charge is -2.19. The first-order valence-corrected chi connectivity index (χ1v) is 7.53. The molecular weight excluding hydrogens is 250 g/mol. The SMILES string of the molecule is CCc1cc(C(=O)N2CCC(C(C)C)C2)cc(NC)n1. The van der Waals surface area contributed by atoms with Gasteiger partial charge in [-0.1, -0.05) is 20.8 Å². The largest absolute Gasteiger partial charge is 0.373 e. The smallest absolute Gasteiger partial charge is 0.254 e. The van der Waals surface area contributed by atoms with Crippen LogP contribution in [0.25, 0.3) is 0 Å². The number of pyridine rings is 1. The Hall–Kier alpha value is -1.58. The summed E-state index contributed by atoms with van der Waals surface area (Å²) in [6.07, 6.45) is 1.96. The van der Waals surface area contributed by atoms with Crippen LogP contribution < -0.4 is 5.32 Å². The third-order valence-electron chi connectivity index (χ3n) is 4.20. The monoisotopic (exact) mass is 275 g/mol. The van der Waals surface area contributed by atoms with Crippen LogP contribution in [0, 0.1) is 11.8 Å². The van der Waals surface area contributed by atoms with Crippen molar-refractivity contribution in [2.24, 2.45) is 11.8 Å². The molecule has 1 aliphatic heterocycles. The highest BCUT2D eigenvalue weighted by molar-refractivity contribution is 5.95. The minimum absolute atomic E-state index is 0.141. The van der Waals surface area contributed by atoms with Gasteiger partial charge in [0.25, 0.3) is 5.91 Å². The minimum atomic E-state index is 0.141. The Kier molecular flexibility index (Phi) is 4.63. The summed E-state index contributed by atoms with van der Waals surface area (Å²) in [6, 6.07) is 3.77. The number of aryl methyl sites for hydroxylation is 1. The Morgan fingerprint density at radius 1 is 1.50 bits per heavy atom. The van der Waals surface area contributed by atoms with E-state index in [1.807, 2.05) is 24.1 Å². The van der Waals surface area contributed by atoms with E-state index in [-0.39, 0.29) is 5.91 Å². The molecule has 1 atom stereocenters. The molecule has 1 N–H and O–H groups in total. The number of carbonyl (C=O) groups excluding carboxylic acids is 1. The molecule has 0 radical (unpaired) electrons. The first-order valence-electron chi connectivity index (χ1n) is 7.53. The maximum atomic E-state index is 12.6. The average Bonchev–Trinajstić information content (AvgIpc) is 2.95. The molecule has 1 aromatic heterocycles. The van der Waals surface area contributed by atoms with Gasteiger partial charge in [0.15, 0.2) is 0 Å². The molecule has 2 rings (SSSR count). The van der Waals surface area contributed by atoms with Gasteiger partial charge in [-0.15, -0.1) is 0 Å². The zero-order valence-corrected chi connectivity index (χ0v) is 12.9. The summed E-state index contributed by atoms with van der Waals surface area (Å²) in [4.78, 5) is 19.0. The minimum Gasteiger partial charge on any atom is -0.373 e. The predicted molar refractivity (Wildman–Crippen MR) is 82.0 cm³/mol. The molecule has 20 heavy (non-hydrogen) atoms. The first-order chi connectivity index (χ1) is 9.55. The quantitative estimate of drug-likeness (QED) is 0.919. The lowest BCUT2D eigenvalue weighted by molar-refractivity contribution is 0.0784. The van der Waals surface area contributed by atoms with Crippen LogP contribution in [0.1, 0.15) is 43.2 Å². The van der Waals surface area contributed by atoms with Crippen LogP contribution >= 0.6 is 0 Å². The predicted octanol–water partition coefficient (Wildman–Crippen LogP) is 2.80. The van der Waals surface area contributed by atoms with Crippen LogP contribution in [-0.2, 0) is 6.42 Å². The average molecular weight is 275 g/mol. The Balaban J connectivity index is 2.17. The summed E-state index contributed by atoms with van der Waals surface area (Å²) in [5.74, 6) is 2.19. The van der Waals surface area contributed by atoms with E-state index >= 15 is 0 Å². The number of likely N-dealkylation sites (tertiary alicyclic amines) is 1. The third-order valence-corrected chi connectivity index (χ3v) is 4.20. The van der Waals surface area contributed by atoms with Gasteiger partial charge in [-0.3, -0.25) is 4.79 Å². The number of hydrogen-bond acceptors (Lipinski definition) is 3. The number of carbonyl (C=O) groups is 1. The molecule has 0 aliphatic carbocycles. The molecule has 1 amide bonds. The first kappa shape index (κ1) is 14.8. The molecule has 1 fully saturated rings. The van der Waals surface area contributed by atoms with Crippen molar-refractivity contribution in [3.63, 3.8) is 0 Å². The van der Waals surface area contributed by atoms with Crippen LogP contribution in [-0.4, -0.2) is 35.9 Å². The molecule has 2 heterocycles. The van der Waals surface area contributed by atoms with Gasteiger partial charge in [0, 0.05) is 31.4 Å². The van der Waals surface area contributed by atoms with E-state index in [1.54, 1.807) is 0 Å². The van der Waals surface area contributed by atoms with Gasteiger partial charge >= 0.3 is 0 Å². The van der Waals surface area contributed by atoms with Gasteiger partial charge < -0.3 is 10.2 Å². The molecule has 1 aromatic rings. The number of amides is 1. The van der Waals surface area contributed by atoms with Crippen molar-refractivity contribution in [3.05, 3.63) is 23.4 Å². The van der Waals surface area contributed by atoms with E-state index in [4.69, 9.17) is 0 Å². The molecule has 1 aliphatic rings. The van der Waals surface area contributed by atoms with Crippen molar-refractivity contribution < 1.29 is 4.79 Å². The highest BCUT2D eigenvalue weighted by Crippen LogP contribution is 2.25. The standard InChI is InChI=1S/C16H25N3O/c1-5-14-8-13(9-15(17-4)18-14)16(20)19-7-6-12(10-19)11(2)3/h8-9,11-12H,5-7,10H2,1-4H3,(H,17,18). The van der Waals surface area contributed by atoms with E-state index in [0.717, 1.165) is 43.0 Å². The third kappa shape index (κ3) is 3.11. The van der Waals surface area contributed by atoms with Crippen molar-refractivity contribution >= 4 is 11.7 Å². The summed E-state index contributed by atoms with van der Waals surface area (Å²) in [5, 5.41) is 3.03. The van der Waals surface area contributed by atoms with Crippen molar-refractivity contribution in [3.8, 4) is 0 Å². The van der Waals surface area contributed by atoms with E-state index in [1.165, 1.54) is 0 Å². The van der Waals surface area contributed by atoms with Gasteiger partial charge in [-0.25, -0.2) is 4.98 Å². The molecule has 0 aromatic carbocycles. The summed E-state index contributed by atoms with van der Waals surface area (Å²) < 4.78 is 0. The normalized spacial score (nSPS) is 18.6. The van der Waals surface area contributed by atoms with Crippen LogP contribution in [0.15, 0.2) is 12.1 Å². The number of nitrogens with zero attached hydrogens (tertiary/aromatic N) is 2. The van der Waals surface area contributed by atoms with E-state index < -0.39 is 0 Å². The lowest BCUT2D eigenvalue weighted by atomic mass is 9.95. The summed E-state index contributed by atoms with van der Waals surface area (Å²) in [7, 11) is 1.83. The molecule has 0 saturated carbocycles. The molecule has 110 valence electrons. The second-order valence-corrected chi connectivity index (χ2v) is 5.88. The van der Waals surface area contributed by atoms with Crippen molar-refractivity contribution in [2.75, 3.05) is 25.5 Å². The van der Waals surface area contributed by atoms with Crippen LogP contribution in [0.5, 0.6) is 0 Å².